The monoisotopic (exact) mass is 524 g/mol. The molecule has 0 bridgehead atoms. The number of nitrogens with zero attached hydrogens (tertiary/aromatic N) is 2. The highest BCUT2D eigenvalue weighted by molar-refractivity contribution is 6.15. The molecule has 6 aromatic carbocycles. The molecule has 0 radical (unpaired) electrons. The molecule has 41 heavy (non-hydrogen) atoms. The third-order valence-corrected chi connectivity index (χ3v) is 7.69. The van der Waals surface area contributed by atoms with E-state index in [1.807, 2.05) is 36.4 Å². The van der Waals surface area contributed by atoms with Crippen LogP contribution >= 0.6 is 0 Å². The number of furan rings is 1. The Morgan fingerprint density at radius 2 is 1.10 bits per heavy atom. The highest BCUT2D eigenvalue weighted by atomic mass is 16.3. The van der Waals surface area contributed by atoms with Gasteiger partial charge in [-0.15, -0.1) is 0 Å². The highest BCUT2D eigenvalue weighted by Crippen LogP contribution is 2.42. The Labute approximate surface area is 237 Å². The van der Waals surface area contributed by atoms with E-state index in [9.17, 15) is 0 Å². The van der Waals surface area contributed by atoms with Gasteiger partial charge in [-0.3, -0.25) is 0 Å². The lowest BCUT2D eigenvalue weighted by atomic mass is 9.94. The number of fused-ring (bicyclic) bond motifs is 4. The fourth-order valence-electron chi connectivity index (χ4n) is 5.72. The molecule has 192 valence electrons. The summed E-state index contributed by atoms with van der Waals surface area (Å²) in [6.07, 6.45) is 0. The van der Waals surface area contributed by atoms with E-state index >= 15 is 0 Å². The van der Waals surface area contributed by atoms with Gasteiger partial charge in [-0.2, -0.15) is 0 Å². The Morgan fingerprint density at radius 3 is 1.90 bits per heavy atom. The largest absolute Gasteiger partial charge is 0.456 e. The van der Waals surface area contributed by atoms with E-state index in [0.717, 1.165) is 61.1 Å². The summed E-state index contributed by atoms with van der Waals surface area (Å²) in [6, 6.07) is 50.2. The number of rotatable bonds is 4. The zero-order valence-electron chi connectivity index (χ0n) is 22.2. The fraction of sp³-hybridized carbons (Fsp3) is 0. The summed E-state index contributed by atoms with van der Waals surface area (Å²) in [6.45, 7) is 0. The van der Waals surface area contributed by atoms with Gasteiger partial charge >= 0.3 is 0 Å². The van der Waals surface area contributed by atoms with Gasteiger partial charge in [0.2, 0.25) is 0 Å². The molecule has 0 aliphatic heterocycles. The van der Waals surface area contributed by atoms with Crippen LogP contribution in [0.2, 0.25) is 0 Å². The molecule has 0 N–H and O–H groups in total. The summed E-state index contributed by atoms with van der Waals surface area (Å²) < 4.78 is 6.33. The Bertz CT molecular complexity index is 2200. The van der Waals surface area contributed by atoms with Gasteiger partial charge in [0.1, 0.15) is 11.2 Å². The van der Waals surface area contributed by atoms with Gasteiger partial charge in [0.15, 0.2) is 5.82 Å². The number of hydrogen-bond donors (Lipinski definition) is 0. The van der Waals surface area contributed by atoms with Crippen LogP contribution in [0.15, 0.2) is 150 Å². The van der Waals surface area contributed by atoms with Crippen molar-refractivity contribution in [3.63, 3.8) is 0 Å². The normalized spacial score (nSPS) is 11.4. The van der Waals surface area contributed by atoms with E-state index < -0.39 is 0 Å². The maximum absolute atomic E-state index is 6.33. The molecule has 0 atom stereocenters. The summed E-state index contributed by atoms with van der Waals surface area (Å²) in [7, 11) is 0. The van der Waals surface area contributed by atoms with Crippen LogP contribution in [0.3, 0.4) is 0 Å². The number of hydrogen-bond acceptors (Lipinski definition) is 3. The number of benzene rings is 6. The SMILES string of the molecule is c1ccc(-c2cc(-c3ccc4ccccc4c3)nc(-c3c(-c4ccccc4)ccc4oc5ccccc5c34)n2)cc1. The minimum absolute atomic E-state index is 0.672. The fourth-order valence-corrected chi connectivity index (χ4v) is 5.72. The molecular formula is C38H24N2O. The standard InChI is InChI=1S/C38H24N2O/c1-3-12-26(13-4-1)30-21-22-35-36(31-17-9-10-18-34(31)41-35)37(30)38-39-32(27-14-5-2-6-15-27)24-33(40-38)29-20-19-25-11-7-8-16-28(25)23-29/h1-24H. The first kappa shape index (κ1) is 23.4. The van der Waals surface area contributed by atoms with Gasteiger partial charge in [-0.05, 0) is 52.2 Å². The first-order chi connectivity index (χ1) is 20.3. The number of aromatic nitrogens is 2. The molecule has 0 spiro atoms. The molecule has 0 aliphatic carbocycles. The maximum atomic E-state index is 6.33. The van der Waals surface area contributed by atoms with E-state index in [1.165, 1.54) is 10.8 Å². The zero-order chi connectivity index (χ0) is 27.2. The zero-order valence-corrected chi connectivity index (χ0v) is 22.2. The van der Waals surface area contributed by atoms with Crippen molar-refractivity contribution in [2.75, 3.05) is 0 Å². The lowest BCUT2D eigenvalue weighted by Crippen LogP contribution is -1.98. The molecule has 3 nitrogen and oxygen atoms in total. The first-order valence-corrected chi connectivity index (χ1v) is 13.8. The Hall–Kier alpha value is -5.54. The molecule has 0 aliphatic rings. The summed E-state index contributed by atoms with van der Waals surface area (Å²) in [5.41, 5.74) is 8.67. The van der Waals surface area contributed by atoms with Gasteiger partial charge in [-0.1, -0.05) is 115 Å². The second-order valence-electron chi connectivity index (χ2n) is 10.2. The molecule has 8 aromatic rings. The smallest absolute Gasteiger partial charge is 0.161 e. The highest BCUT2D eigenvalue weighted by Gasteiger charge is 2.21. The summed E-state index contributed by atoms with van der Waals surface area (Å²) >= 11 is 0. The topological polar surface area (TPSA) is 38.9 Å². The van der Waals surface area contributed by atoms with Crippen molar-refractivity contribution in [1.29, 1.82) is 0 Å². The van der Waals surface area contributed by atoms with Crippen LogP contribution < -0.4 is 0 Å². The van der Waals surface area contributed by atoms with Crippen molar-refractivity contribution < 1.29 is 4.42 Å². The Kier molecular flexibility index (Phi) is 5.46. The van der Waals surface area contributed by atoms with Crippen molar-refractivity contribution in [2.45, 2.75) is 0 Å². The lowest BCUT2D eigenvalue weighted by Gasteiger charge is -2.14. The quantitative estimate of drug-likeness (QED) is 0.230. The minimum atomic E-state index is 0.672. The third kappa shape index (κ3) is 4.07. The molecule has 2 heterocycles. The van der Waals surface area contributed by atoms with Crippen LogP contribution in [-0.4, -0.2) is 9.97 Å². The molecule has 0 fully saturated rings. The van der Waals surface area contributed by atoms with Crippen LogP contribution in [-0.2, 0) is 0 Å². The predicted molar refractivity (Wildman–Crippen MR) is 169 cm³/mol. The van der Waals surface area contributed by atoms with Gasteiger partial charge in [0, 0.05) is 27.5 Å². The van der Waals surface area contributed by atoms with Crippen molar-refractivity contribution in [2.24, 2.45) is 0 Å². The van der Waals surface area contributed by atoms with Gasteiger partial charge in [-0.25, -0.2) is 9.97 Å². The average molecular weight is 525 g/mol. The van der Waals surface area contributed by atoms with Crippen molar-refractivity contribution in [3.8, 4) is 45.0 Å². The second kappa shape index (κ2) is 9.58. The Morgan fingerprint density at radius 1 is 0.439 bits per heavy atom. The molecule has 0 amide bonds. The van der Waals surface area contributed by atoms with Crippen LogP contribution in [0.1, 0.15) is 0 Å². The molecular weight excluding hydrogens is 500 g/mol. The van der Waals surface area contributed by atoms with E-state index in [4.69, 9.17) is 14.4 Å². The molecule has 0 saturated carbocycles. The van der Waals surface area contributed by atoms with Crippen molar-refractivity contribution in [3.05, 3.63) is 146 Å². The van der Waals surface area contributed by atoms with Crippen LogP contribution in [0, 0.1) is 0 Å². The van der Waals surface area contributed by atoms with Crippen molar-refractivity contribution in [1.82, 2.24) is 9.97 Å². The van der Waals surface area contributed by atoms with E-state index in [-0.39, 0.29) is 0 Å². The molecule has 2 aromatic heterocycles. The minimum Gasteiger partial charge on any atom is -0.456 e. The first-order valence-electron chi connectivity index (χ1n) is 13.8. The van der Waals surface area contributed by atoms with Gasteiger partial charge in [0.05, 0.1) is 11.4 Å². The number of para-hydroxylation sites is 1. The molecule has 0 unspecified atom stereocenters. The summed E-state index contributed by atoms with van der Waals surface area (Å²) in [5.74, 6) is 0.672. The average Bonchev–Trinajstić information content (AvgIpc) is 3.43. The van der Waals surface area contributed by atoms with E-state index in [2.05, 4.69) is 109 Å². The molecule has 0 saturated heterocycles. The van der Waals surface area contributed by atoms with Crippen LogP contribution in [0.5, 0.6) is 0 Å². The van der Waals surface area contributed by atoms with Crippen LogP contribution in [0.4, 0.5) is 0 Å². The molecule has 8 rings (SSSR count). The molecule has 3 heteroatoms. The Balaban J connectivity index is 1.47. The lowest BCUT2D eigenvalue weighted by molar-refractivity contribution is 0.669. The predicted octanol–water partition coefficient (Wildman–Crippen LogP) is 10.2. The second-order valence-corrected chi connectivity index (χ2v) is 10.2. The van der Waals surface area contributed by atoms with Gasteiger partial charge < -0.3 is 4.42 Å². The van der Waals surface area contributed by atoms with E-state index in [1.54, 1.807) is 0 Å². The summed E-state index contributed by atoms with van der Waals surface area (Å²) in [4.78, 5) is 10.5. The van der Waals surface area contributed by atoms with Crippen molar-refractivity contribution >= 4 is 32.7 Å². The maximum Gasteiger partial charge on any atom is 0.161 e. The summed E-state index contributed by atoms with van der Waals surface area (Å²) in [5, 5.41) is 4.46. The van der Waals surface area contributed by atoms with E-state index in [0.29, 0.717) is 5.82 Å². The van der Waals surface area contributed by atoms with Crippen LogP contribution in [0.25, 0.3) is 77.7 Å². The third-order valence-electron chi connectivity index (χ3n) is 7.69. The van der Waals surface area contributed by atoms with Gasteiger partial charge in [0.25, 0.3) is 0 Å².